The Labute approximate surface area is 79.5 Å². The minimum atomic E-state index is -0.454. The summed E-state index contributed by atoms with van der Waals surface area (Å²) in [5, 5.41) is 0. The van der Waals surface area contributed by atoms with Crippen LogP contribution in [0.15, 0.2) is 22.6 Å². The zero-order valence-electron chi connectivity index (χ0n) is 7.58. The standard InChI is InChI=1S/C10H8FNO2/c1-6(13)5-9-12-8-4-2-3-7(11)10(8)14-9/h2-4H,5H2,1H3. The number of oxazole rings is 1. The van der Waals surface area contributed by atoms with Crippen LogP contribution in [0.5, 0.6) is 0 Å². The van der Waals surface area contributed by atoms with Crippen molar-refractivity contribution in [3.8, 4) is 0 Å². The lowest BCUT2D eigenvalue weighted by Gasteiger charge is -1.87. The van der Waals surface area contributed by atoms with Crippen molar-refractivity contribution >= 4 is 16.9 Å². The van der Waals surface area contributed by atoms with Gasteiger partial charge in [-0.1, -0.05) is 6.07 Å². The fourth-order valence-electron chi connectivity index (χ4n) is 1.25. The van der Waals surface area contributed by atoms with Crippen molar-refractivity contribution in [2.45, 2.75) is 13.3 Å². The molecule has 0 atom stereocenters. The SMILES string of the molecule is CC(=O)Cc1nc2cccc(F)c2o1. The second-order valence-electron chi connectivity index (χ2n) is 3.07. The van der Waals surface area contributed by atoms with E-state index in [1.165, 1.54) is 13.0 Å². The molecule has 3 nitrogen and oxygen atoms in total. The Morgan fingerprint density at radius 2 is 2.36 bits per heavy atom. The summed E-state index contributed by atoms with van der Waals surface area (Å²) in [7, 11) is 0. The lowest BCUT2D eigenvalue weighted by molar-refractivity contribution is -0.116. The third-order valence-corrected chi connectivity index (χ3v) is 1.81. The highest BCUT2D eigenvalue weighted by Gasteiger charge is 2.10. The third kappa shape index (κ3) is 1.51. The molecule has 4 heteroatoms. The molecule has 72 valence electrons. The molecular formula is C10H8FNO2. The highest BCUT2D eigenvalue weighted by Crippen LogP contribution is 2.18. The molecule has 0 saturated heterocycles. The number of carbonyl (C=O) groups excluding carboxylic acids is 1. The van der Waals surface area contributed by atoms with Crippen LogP contribution in [-0.2, 0) is 11.2 Å². The predicted molar refractivity (Wildman–Crippen MR) is 48.4 cm³/mol. The fraction of sp³-hybridized carbons (Fsp3) is 0.200. The summed E-state index contributed by atoms with van der Waals surface area (Å²) < 4.78 is 18.2. The first-order chi connectivity index (χ1) is 6.66. The highest BCUT2D eigenvalue weighted by molar-refractivity contribution is 5.79. The van der Waals surface area contributed by atoms with Gasteiger partial charge in [-0.3, -0.25) is 4.79 Å². The molecule has 0 aliphatic carbocycles. The van der Waals surface area contributed by atoms with Gasteiger partial charge in [0.05, 0.1) is 6.42 Å². The summed E-state index contributed by atoms with van der Waals surface area (Å²) in [6.45, 7) is 1.44. The average Bonchev–Trinajstić information content (AvgIpc) is 2.47. The molecule has 1 aromatic carbocycles. The Morgan fingerprint density at radius 1 is 1.57 bits per heavy atom. The van der Waals surface area contributed by atoms with Gasteiger partial charge >= 0.3 is 0 Å². The molecule has 0 saturated carbocycles. The van der Waals surface area contributed by atoms with E-state index in [1.54, 1.807) is 12.1 Å². The number of benzene rings is 1. The number of fused-ring (bicyclic) bond motifs is 1. The topological polar surface area (TPSA) is 43.1 Å². The monoisotopic (exact) mass is 193 g/mol. The first-order valence-electron chi connectivity index (χ1n) is 4.20. The molecule has 1 heterocycles. The summed E-state index contributed by atoms with van der Waals surface area (Å²) >= 11 is 0. The quantitative estimate of drug-likeness (QED) is 0.733. The number of Topliss-reactive ketones (excluding diaryl/α,β-unsaturated/α-hetero) is 1. The number of hydrogen-bond acceptors (Lipinski definition) is 3. The van der Waals surface area contributed by atoms with Gasteiger partial charge in [-0.2, -0.15) is 0 Å². The summed E-state index contributed by atoms with van der Waals surface area (Å²) in [5.41, 5.74) is 0.560. The molecule has 0 N–H and O–H groups in total. The predicted octanol–water partition coefficient (Wildman–Crippen LogP) is 2.10. The molecule has 0 bridgehead atoms. The van der Waals surface area contributed by atoms with Gasteiger partial charge in [-0.25, -0.2) is 9.37 Å². The number of ketones is 1. The van der Waals surface area contributed by atoms with Crippen LogP contribution in [-0.4, -0.2) is 10.8 Å². The molecule has 0 spiro atoms. The van der Waals surface area contributed by atoms with Crippen LogP contribution >= 0.6 is 0 Å². The molecule has 2 aromatic rings. The van der Waals surface area contributed by atoms with Crippen LogP contribution in [0.2, 0.25) is 0 Å². The first kappa shape index (κ1) is 8.87. The third-order valence-electron chi connectivity index (χ3n) is 1.81. The number of aromatic nitrogens is 1. The minimum absolute atomic E-state index is 0.0584. The molecule has 0 radical (unpaired) electrons. The van der Waals surface area contributed by atoms with E-state index in [2.05, 4.69) is 4.98 Å². The number of rotatable bonds is 2. The van der Waals surface area contributed by atoms with E-state index in [-0.39, 0.29) is 23.7 Å². The summed E-state index contributed by atoms with van der Waals surface area (Å²) in [6.07, 6.45) is 0.105. The van der Waals surface area contributed by atoms with Gasteiger partial charge in [0.2, 0.25) is 5.89 Å². The van der Waals surface area contributed by atoms with Crippen LogP contribution in [0.25, 0.3) is 11.1 Å². The van der Waals surface area contributed by atoms with E-state index < -0.39 is 5.82 Å². The van der Waals surface area contributed by atoms with Crippen molar-refractivity contribution in [2.24, 2.45) is 0 Å². The second kappa shape index (κ2) is 3.21. The van der Waals surface area contributed by atoms with Gasteiger partial charge in [-0.15, -0.1) is 0 Å². The molecule has 1 aromatic heterocycles. The van der Waals surface area contributed by atoms with Crippen LogP contribution in [0.3, 0.4) is 0 Å². The van der Waals surface area contributed by atoms with Gasteiger partial charge in [-0.05, 0) is 19.1 Å². The molecule has 2 rings (SSSR count). The van der Waals surface area contributed by atoms with Crippen molar-refractivity contribution in [1.29, 1.82) is 0 Å². The lowest BCUT2D eigenvalue weighted by atomic mass is 10.3. The number of hydrogen-bond donors (Lipinski definition) is 0. The van der Waals surface area contributed by atoms with Gasteiger partial charge in [0, 0.05) is 0 Å². The minimum Gasteiger partial charge on any atom is -0.437 e. The average molecular weight is 193 g/mol. The van der Waals surface area contributed by atoms with E-state index >= 15 is 0 Å². The molecule has 0 amide bonds. The molecule has 0 aliphatic heterocycles. The largest absolute Gasteiger partial charge is 0.437 e. The van der Waals surface area contributed by atoms with E-state index in [4.69, 9.17) is 4.42 Å². The lowest BCUT2D eigenvalue weighted by Crippen LogP contribution is -1.95. The zero-order chi connectivity index (χ0) is 10.1. The van der Waals surface area contributed by atoms with E-state index in [0.717, 1.165) is 0 Å². The van der Waals surface area contributed by atoms with Gasteiger partial charge in [0.15, 0.2) is 11.4 Å². The van der Waals surface area contributed by atoms with Gasteiger partial charge in [0.25, 0.3) is 0 Å². The molecule has 14 heavy (non-hydrogen) atoms. The van der Waals surface area contributed by atoms with Crippen molar-refractivity contribution in [3.63, 3.8) is 0 Å². The first-order valence-corrected chi connectivity index (χ1v) is 4.20. The zero-order valence-corrected chi connectivity index (χ0v) is 7.58. The smallest absolute Gasteiger partial charge is 0.203 e. The number of carbonyl (C=O) groups is 1. The Balaban J connectivity index is 2.51. The molecule has 0 aliphatic rings. The number of halogens is 1. The maximum atomic E-state index is 13.1. The Morgan fingerprint density at radius 3 is 3.00 bits per heavy atom. The van der Waals surface area contributed by atoms with Crippen LogP contribution in [0, 0.1) is 5.82 Å². The number of para-hydroxylation sites is 1. The Hall–Kier alpha value is -1.71. The van der Waals surface area contributed by atoms with Crippen molar-refractivity contribution in [1.82, 2.24) is 4.98 Å². The normalized spacial score (nSPS) is 10.7. The summed E-state index contributed by atoms with van der Waals surface area (Å²) in [4.78, 5) is 14.8. The maximum absolute atomic E-state index is 13.1. The summed E-state index contributed by atoms with van der Waals surface area (Å²) in [5.74, 6) is -0.251. The maximum Gasteiger partial charge on any atom is 0.203 e. The van der Waals surface area contributed by atoms with Crippen molar-refractivity contribution < 1.29 is 13.6 Å². The highest BCUT2D eigenvalue weighted by atomic mass is 19.1. The van der Waals surface area contributed by atoms with Crippen LogP contribution < -0.4 is 0 Å². The van der Waals surface area contributed by atoms with Crippen molar-refractivity contribution in [2.75, 3.05) is 0 Å². The number of nitrogens with zero attached hydrogens (tertiary/aromatic N) is 1. The van der Waals surface area contributed by atoms with Crippen LogP contribution in [0.4, 0.5) is 4.39 Å². The van der Waals surface area contributed by atoms with E-state index in [9.17, 15) is 9.18 Å². The van der Waals surface area contributed by atoms with E-state index in [1.807, 2.05) is 0 Å². The second-order valence-corrected chi connectivity index (χ2v) is 3.07. The molecule has 0 fully saturated rings. The molecular weight excluding hydrogens is 185 g/mol. The van der Waals surface area contributed by atoms with Gasteiger partial charge < -0.3 is 4.42 Å². The molecule has 0 unspecified atom stereocenters. The summed E-state index contributed by atoms with van der Waals surface area (Å²) in [6, 6.07) is 4.49. The van der Waals surface area contributed by atoms with Crippen molar-refractivity contribution in [3.05, 3.63) is 29.9 Å². The van der Waals surface area contributed by atoms with Gasteiger partial charge in [0.1, 0.15) is 11.3 Å². The Bertz CT molecular complexity index is 490. The van der Waals surface area contributed by atoms with E-state index in [0.29, 0.717) is 5.52 Å². The fourth-order valence-corrected chi connectivity index (χ4v) is 1.25. The Kier molecular flexibility index (Phi) is 2.04. The van der Waals surface area contributed by atoms with Crippen LogP contribution in [0.1, 0.15) is 12.8 Å².